The molecule has 1 fully saturated rings. The first kappa shape index (κ1) is 12.9. The molecule has 3 N–H and O–H groups in total. The normalized spacial score (nSPS) is 27.3. The highest BCUT2D eigenvalue weighted by molar-refractivity contribution is 7.99. The average molecular weight is 271 g/mol. The number of thioether (sulfide) groups is 1. The van der Waals surface area contributed by atoms with Gasteiger partial charge in [0, 0.05) is 18.6 Å². The van der Waals surface area contributed by atoms with Gasteiger partial charge >= 0.3 is 5.97 Å². The van der Waals surface area contributed by atoms with Crippen molar-refractivity contribution >= 4 is 35.3 Å². The van der Waals surface area contributed by atoms with Crippen molar-refractivity contribution in [1.82, 2.24) is 10.7 Å². The Morgan fingerprint density at radius 1 is 1.44 bits per heavy atom. The lowest BCUT2D eigenvalue weighted by molar-refractivity contribution is -0.145. The molecule has 18 heavy (non-hydrogen) atoms. The van der Waals surface area contributed by atoms with Gasteiger partial charge in [0.1, 0.15) is 11.3 Å². The van der Waals surface area contributed by atoms with Crippen LogP contribution in [0.3, 0.4) is 0 Å². The van der Waals surface area contributed by atoms with E-state index in [4.69, 9.17) is 0 Å². The number of carbonyl (C=O) groups is 3. The third-order valence-corrected chi connectivity index (χ3v) is 4.14. The predicted octanol–water partition coefficient (Wildman–Crippen LogP) is -0.671. The first-order chi connectivity index (χ1) is 8.53. The Labute approximate surface area is 107 Å². The minimum absolute atomic E-state index is 0.173. The highest BCUT2D eigenvalue weighted by Gasteiger charge is 2.44. The largest absolute Gasteiger partial charge is 0.479 e. The molecular formula is C10H13N3O4S. The van der Waals surface area contributed by atoms with Crippen LogP contribution in [0.2, 0.25) is 0 Å². The summed E-state index contributed by atoms with van der Waals surface area (Å²) < 4.78 is 0. The lowest BCUT2D eigenvalue weighted by Crippen LogP contribution is -2.56. The van der Waals surface area contributed by atoms with Crippen LogP contribution in [0, 0.1) is 0 Å². The van der Waals surface area contributed by atoms with Crippen molar-refractivity contribution in [3.8, 4) is 0 Å². The molecule has 2 aliphatic heterocycles. The van der Waals surface area contributed by atoms with Crippen molar-refractivity contribution < 1.29 is 19.5 Å². The van der Waals surface area contributed by atoms with Crippen molar-refractivity contribution in [2.75, 3.05) is 11.5 Å². The molecule has 1 saturated heterocycles. The van der Waals surface area contributed by atoms with Gasteiger partial charge in [-0.15, -0.1) is 0 Å². The summed E-state index contributed by atoms with van der Waals surface area (Å²) in [6, 6.07) is 0. The van der Waals surface area contributed by atoms with E-state index < -0.39 is 17.4 Å². The molecule has 2 rings (SSSR count). The van der Waals surface area contributed by atoms with Gasteiger partial charge in [0.2, 0.25) is 5.91 Å². The zero-order chi connectivity index (χ0) is 13.2. The van der Waals surface area contributed by atoms with Crippen LogP contribution >= 0.6 is 11.8 Å². The smallest absolute Gasteiger partial charge is 0.330 e. The van der Waals surface area contributed by atoms with Gasteiger partial charge in [-0.2, -0.15) is 16.9 Å². The van der Waals surface area contributed by atoms with Crippen LogP contribution < -0.4 is 10.7 Å². The molecule has 0 aromatic carbocycles. The van der Waals surface area contributed by atoms with Crippen molar-refractivity contribution in [1.29, 1.82) is 0 Å². The Hall–Kier alpha value is -1.57. The number of carboxylic acid groups (broad SMARTS) is 1. The van der Waals surface area contributed by atoms with Gasteiger partial charge in [-0.25, -0.2) is 10.2 Å². The number of hydrogen-bond acceptors (Lipinski definition) is 5. The fraction of sp³-hybridized carbons (Fsp3) is 0.600. The summed E-state index contributed by atoms with van der Waals surface area (Å²) in [6.45, 7) is 0. The number of hydrazone groups is 1. The van der Waals surface area contributed by atoms with Gasteiger partial charge in [-0.1, -0.05) is 0 Å². The molecule has 0 aliphatic carbocycles. The fourth-order valence-electron chi connectivity index (χ4n) is 1.81. The lowest BCUT2D eigenvalue weighted by atomic mass is 9.98. The van der Waals surface area contributed by atoms with Gasteiger partial charge in [0.15, 0.2) is 0 Å². The number of rotatable bonds is 3. The predicted molar refractivity (Wildman–Crippen MR) is 65.3 cm³/mol. The topological polar surface area (TPSA) is 108 Å². The summed E-state index contributed by atoms with van der Waals surface area (Å²) in [5.41, 5.74) is 1.19. The Bertz CT molecular complexity index is 429. The second kappa shape index (κ2) is 4.97. The molecule has 1 unspecified atom stereocenters. The fourth-order valence-corrected chi connectivity index (χ4v) is 3.14. The van der Waals surface area contributed by atoms with Gasteiger partial charge in [0.25, 0.3) is 5.91 Å². The maximum absolute atomic E-state index is 11.9. The van der Waals surface area contributed by atoms with E-state index in [0.717, 1.165) is 0 Å². The summed E-state index contributed by atoms with van der Waals surface area (Å²) in [7, 11) is 0. The Balaban J connectivity index is 2.06. The summed E-state index contributed by atoms with van der Waals surface area (Å²) in [6.07, 6.45) is 0.833. The maximum atomic E-state index is 11.9. The van der Waals surface area contributed by atoms with E-state index in [1.165, 1.54) is 11.8 Å². The van der Waals surface area contributed by atoms with E-state index in [2.05, 4.69) is 15.8 Å². The summed E-state index contributed by atoms with van der Waals surface area (Å²) in [5.74, 6) is -0.721. The molecule has 2 heterocycles. The Morgan fingerprint density at radius 2 is 2.22 bits per heavy atom. The average Bonchev–Trinajstić information content (AvgIpc) is 2.79. The summed E-state index contributed by atoms with van der Waals surface area (Å²) in [5, 5.41) is 15.4. The maximum Gasteiger partial charge on any atom is 0.330 e. The zero-order valence-corrected chi connectivity index (χ0v) is 10.4. The lowest BCUT2D eigenvalue weighted by Gasteiger charge is -2.25. The standard InChI is InChI=1S/C10H13N3O4S/c14-7-2-1-6(12-13-7)8(15)11-10(9(16)17)3-4-18-5-10/h1-5H2,(H,11,15)(H,13,14)(H,16,17). The zero-order valence-electron chi connectivity index (χ0n) is 9.56. The molecule has 2 aliphatic rings. The SMILES string of the molecule is O=C1CCC(C(=O)NC2(C(=O)O)CCSC2)=NN1. The molecule has 0 aromatic heterocycles. The number of nitrogens with zero attached hydrogens (tertiary/aromatic N) is 1. The third-order valence-electron chi connectivity index (χ3n) is 2.95. The molecule has 1 atom stereocenters. The van der Waals surface area contributed by atoms with E-state index in [0.29, 0.717) is 17.9 Å². The number of amides is 2. The molecule has 8 heteroatoms. The molecular weight excluding hydrogens is 258 g/mol. The third kappa shape index (κ3) is 2.47. The van der Waals surface area contributed by atoms with Gasteiger partial charge in [-0.3, -0.25) is 9.59 Å². The van der Waals surface area contributed by atoms with Gasteiger partial charge in [-0.05, 0) is 12.2 Å². The van der Waals surface area contributed by atoms with Crippen molar-refractivity contribution in [2.45, 2.75) is 24.8 Å². The first-order valence-corrected chi connectivity index (χ1v) is 6.68. The van der Waals surface area contributed by atoms with Gasteiger partial charge < -0.3 is 10.4 Å². The van der Waals surface area contributed by atoms with E-state index >= 15 is 0 Å². The van der Waals surface area contributed by atoms with Crippen molar-refractivity contribution in [3.05, 3.63) is 0 Å². The molecule has 98 valence electrons. The van der Waals surface area contributed by atoms with Crippen molar-refractivity contribution in [3.63, 3.8) is 0 Å². The minimum Gasteiger partial charge on any atom is -0.479 e. The Morgan fingerprint density at radius 3 is 2.72 bits per heavy atom. The van der Waals surface area contributed by atoms with Crippen LogP contribution in [-0.4, -0.2) is 45.6 Å². The molecule has 0 spiro atoms. The Kier molecular flexibility index (Phi) is 3.55. The highest BCUT2D eigenvalue weighted by Crippen LogP contribution is 2.28. The first-order valence-electron chi connectivity index (χ1n) is 5.52. The minimum atomic E-state index is -1.20. The van der Waals surface area contributed by atoms with Crippen LogP contribution in [0.15, 0.2) is 5.10 Å². The van der Waals surface area contributed by atoms with E-state index in [1.807, 2.05) is 0 Å². The summed E-state index contributed by atoms with van der Waals surface area (Å²) in [4.78, 5) is 34.1. The monoisotopic (exact) mass is 271 g/mol. The number of nitrogens with one attached hydrogen (secondary N) is 2. The van der Waals surface area contributed by atoms with Crippen LogP contribution in [0.5, 0.6) is 0 Å². The molecule has 2 amide bonds. The molecule has 0 saturated carbocycles. The van der Waals surface area contributed by atoms with Crippen LogP contribution in [0.25, 0.3) is 0 Å². The number of aliphatic carboxylic acids is 1. The second-order valence-electron chi connectivity index (χ2n) is 4.24. The van der Waals surface area contributed by atoms with Gasteiger partial charge in [0.05, 0.1) is 0 Å². The quantitative estimate of drug-likeness (QED) is 0.631. The van der Waals surface area contributed by atoms with E-state index in [1.54, 1.807) is 0 Å². The molecule has 7 nitrogen and oxygen atoms in total. The number of carboxylic acids is 1. The van der Waals surface area contributed by atoms with Crippen molar-refractivity contribution in [2.24, 2.45) is 5.10 Å². The van der Waals surface area contributed by atoms with E-state index in [-0.39, 0.29) is 24.5 Å². The second-order valence-corrected chi connectivity index (χ2v) is 5.34. The number of carbonyl (C=O) groups excluding carboxylic acids is 2. The molecule has 0 radical (unpaired) electrons. The van der Waals surface area contributed by atoms with E-state index in [9.17, 15) is 19.5 Å². The molecule has 0 bridgehead atoms. The number of hydrogen-bond donors (Lipinski definition) is 3. The van der Waals surface area contributed by atoms with Crippen LogP contribution in [-0.2, 0) is 14.4 Å². The summed E-state index contributed by atoms with van der Waals surface area (Å²) >= 11 is 1.49. The van der Waals surface area contributed by atoms with Crippen LogP contribution in [0.4, 0.5) is 0 Å². The highest BCUT2D eigenvalue weighted by atomic mass is 32.2. The molecule has 0 aromatic rings. The van der Waals surface area contributed by atoms with Crippen LogP contribution in [0.1, 0.15) is 19.3 Å².